The third-order valence-corrected chi connectivity index (χ3v) is 1.64. The van der Waals surface area contributed by atoms with Gasteiger partial charge in [0.15, 0.2) is 6.61 Å². The van der Waals surface area contributed by atoms with Gasteiger partial charge in [-0.25, -0.2) is 4.79 Å². The summed E-state index contributed by atoms with van der Waals surface area (Å²) in [5.74, 6) is 0.0228. The van der Waals surface area contributed by atoms with Gasteiger partial charge in [0.25, 0.3) is 0 Å². The average molecular weight is 221 g/mol. The van der Waals surface area contributed by atoms with Gasteiger partial charge in [0, 0.05) is 10.6 Å². The van der Waals surface area contributed by atoms with E-state index in [9.17, 15) is 4.79 Å². The van der Waals surface area contributed by atoms with Crippen molar-refractivity contribution in [1.29, 1.82) is 0 Å². The summed E-state index contributed by atoms with van der Waals surface area (Å²) in [7, 11) is 0. The van der Waals surface area contributed by atoms with Crippen LogP contribution >= 0.6 is 0 Å². The molecular formula is C10H11N3O3. The van der Waals surface area contributed by atoms with Crippen molar-refractivity contribution in [2.24, 2.45) is 5.11 Å². The van der Waals surface area contributed by atoms with Crippen LogP contribution in [0.25, 0.3) is 10.4 Å². The van der Waals surface area contributed by atoms with Crippen LogP contribution in [0.3, 0.4) is 0 Å². The normalized spacial score (nSPS) is 9.06. The second-order valence-corrected chi connectivity index (χ2v) is 2.78. The predicted molar refractivity (Wildman–Crippen MR) is 57.4 cm³/mol. The maximum atomic E-state index is 11.0. The molecule has 0 aromatic heterocycles. The fraction of sp³-hybridized carbons (Fsp3) is 0.300. The molecule has 0 fully saturated rings. The average Bonchev–Trinajstić information content (AvgIpc) is 2.28. The number of benzene rings is 1. The molecule has 6 nitrogen and oxygen atoms in total. The quantitative estimate of drug-likeness (QED) is 0.331. The zero-order chi connectivity index (χ0) is 11.8. The van der Waals surface area contributed by atoms with E-state index in [1.807, 2.05) is 0 Å². The Balaban J connectivity index is 2.57. The third kappa shape index (κ3) is 3.89. The molecule has 16 heavy (non-hydrogen) atoms. The molecule has 0 unspecified atom stereocenters. The lowest BCUT2D eigenvalue weighted by molar-refractivity contribution is -0.145. The Hall–Kier alpha value is -2.20. The second kappa shape index (κ2) is 6.31. The minimum absolute atomic E-state index is 0.159. The van der Waals surface area contributed by atoms with Crippen molar-refractivity contribution in [1.82, 2.24) is 0 Å². The molecule has 0 bridgehead atoms. The lowest BCUT2D eigenvalue weighted by Crippen LogP contribution is -2.14. The van der Waals surface area contributed by atoms with Crippen molar-refractivity contribution < 1.29 is 14.3 Å². The highest BCUT2D eigenvalue weighted by Gasteiger charge is 2.02. The van der Waals surface area contributed by atoms with Crippen LogP contribution in [0.4, 0.5) is 5.69 Å². The summed E-state index contributed by atoms with van der Waals surface area (Å²) < 4.78 is 9.84. The van der Waals surface area contributed by atoms with Gasteiger partial charge in [-0.3, -0.25) is 0 Å². The van der Waals surface area contributed by atoms with Crippen LogP contribution in [0.1, 0.15) is 6.92 Å². The van der Waals surface area contributed by atoms with E-state index in [1.165, 1.54) is 0 Å². The lowest BCUT2D eigenvalue weighted by Gasteiger charge is -2.05. The van der Waals surface area contributed by atoms with E-state index in [0.29, 0.717) is 18.0 Å². The molecule has 0 saturated carbocycles. The van der Waals surface area contributed by atoms with E-state index in [-0.39, 0.29) is 6.61 Å². The fourth-order valence-corrected chi connectivity index (χ4v) is 1.03. The van der Waals surface area contributed by atoms with Crippen molar-refractivity contribution in [3.8, 4) is 5.75 Å². The van der Waals surface area contributed by atoms with Crippen LogP contribution in [-0.2, 0) is 9.53 Å². The summed E-state index contributed by atoms with van der Waals surface area (Å²) in [6.07, 6.45) is 0. The summed E-state index contributed by atoms with van der Waals surface area (Å²) in [6.45, 7) is 1.88. The third-order valence-electron chi connectivity index (χ3n) is 1.64. The fourth-order valence-electron chi connectivity index (χ4n) is 1.03. The number of esters is 1. The lowest BCUT2D eigenvalue weighted by atomic mass is 10.3. The van der Waals surface area contributed by atoms with E-state index in [2.05, 4.69) is 10.0 Å². The molecule has 0 amide bonds. The monoisotopic (exact) mass is 221 g/mol. The SMILES string of the molecule is CCOC(=O)COc1cccc(N=[N+]=[N-])c1. The molecular weight excluding hydrogens is 210 g/mol. The second-order valence-electron chi connectivity index (χ2n) is 2.78. The summed E-state index contributed by atoms with van der Waals surface area (Å²) in [5.41, 5.74) is 8.68. The first-order valence-electron chi connectivity index (χ1n) is 4.70. The van der Waals surface area contributed by atoms with Gasteiger partial charge in [-0.15, -0.1) is 0 Å². The van der Waals surface area contributed by atoms with Crippen molar-refractivity contribution in [2.75, 3.05) is 13.2 Å². The van der Waals surface area contributed by atoms with E-state index in [4.69, 9.17) is 15.0 Å². The van der Waals surface area contributed by atoms with Gasteiger partial charge in [-0.05, 0) is 24.6 Å². The molecule has 84 valence electrons. The van der Waals surface area contributed by atoms with Crippen molar-refractivity contribution in [3.63, 3.8) is 0 Å². The van der Waals surface area contributed by atoms with Gasteiger partial charge < -0.3 is 9.47 Å². The molecule has 6 heteroatoms. The molecule has 0 saturated heterocycles. The summed E-state index contributed by atoms with van der Waals surface area (Å²) in [6, 6.07) is 6.51. The molecule has 0 N–H and O–H groups in total. The maximum absolute atomic E-state index is 11.0. The molecule has 1 aromatic carbocycles. The van der Waals surface area contributed by atoms with Crippen LogP contribution in [0.15, 0.2) is 29.4 Å². The molecule has 0 heterocycles. The molecule has 0 radical (unpaired) electrons. The summed E-state index contributed by atoms with van der Waals surface area (Å²) in [4.78, 5) is 13.6. The van der Waals surface area contributed by atoms with E-state index in [1.54, 1.807) is 31.2 Å². The zero-order valence-corrected chi connectivity index (χ0v) is 8.79. The summed E-state index contributed by atoms with van der Waals surface area (Å²) in [5, 5.41) is 3.42. The van der Waals surface area contributed by atoms with Crippen molar-refractivity contribution in [3.05, 3.63) is 34.7 Å². The molecule has 0 aliphatic rings. The van der Waals surface area contributed by atoms with Gasteiger partial charge in [0.05, 0.1) is 6.61 Å². The number of carbonyl (C=O) groups excluding carboxylic acids is 1. The van der Waals surface area contributed by atoms with Crippen LogP contribution in [-0.4, -0.2) is 19.2 Å². The van der Waals surface area contributed by atoms with Gasteiger partial charge in [-0.1, -0.05) is 17.2 Å². The minimum Gasteiger partial charge on any atom is -0.482 e. The van der Waals surface area contributed by atoms with Crippen molar-refractivity contribution >= 4 is 11.7 Å². The molecule has 0 aliphatic heterocycles. The molecule has 0 aliphatic carbocycles. The Kier molecular flexibility index (Phi) is 4.69. The predicted octanol–water partition coefficient (Wildman–Crippen LogP) is 2.57. The Bertz CT molecular complexity index is 414. The van der Waals surface area contributed by atoms with Crippen molar-refractivity contribution in [2.45, 2.75) is 6.92 Å². The minimum atomic E-state index is -0.434. The Labute approximate surface area is 92.4 Å². The van der Waals surface area contributed by atoms with Gasteiger partial charge >= 0.3 is 5.97 Å². The number of carbonyl (C=O) groups is 1. The van der Waals surface area contributed by atoms with Crippen LogP contribution in [0.5, 0.6) is 5.75 Å². The summed E-state index contributed by atoms with van der Waals surface area (Å²) >= 11 is 0. The standard InChI is InChI=1S/C10H11N3O3/c1-2-15-10(14)7-16-9-5-3-4-8(6-9)12-13-11/h3-6H,2,7H2,1H3. The maximum Gasteiger partial charge on any atom is 0.344 e. The van der Waals surface area contributed by atoms with E-state index < -0.39 is 5.97 Å². The highest BCUT2D eigenvalue weighted by atomic mass is 16.6. The van der Waals surface area contributed by atoms with Crippen LogP contribution in [0.2, 0.25) is 0 Å². The van der Waals surface area contributed by atoms with Crippen LogP contribution < -0.4 is 4.74 Å². The zero-order valence-electron chi connectivity index (χ0n) is 8.79. The molecule has 1 rings (SSSR count). The first kappa shape index (κ1) is 11.9. The number of azide groups is 1. The number of hydrogen-bond acceptors (Lipinski definition) is 4. The number of rotatable bonds is 5. The van der Waals surface area contributed by atoms with Crippen LogP contribution in [0, 0.1) is 0 Å². The Morgan fingerprint density at radius 2 is 2.38 bits per heavy atom. The highest BCUT2D eigenvalue weighted by molar-refractivity contribution is 5.71. The number of nitrogens with zero attached hydrogens (tertiary/aromatic N) is 3. The van der Waals surface area contributed by atoms with E-state index >= 15 is 0 Å². The molecule has 0 atom stereocenters. The topological polar surface area (TPSA) is 84.3 Å². The Morgan fingerprint density at radius 1 is 1.56 bits per heavy atom. The highest BCUT2D eigenvalue weighted by Crippen LogP contribution is 2.19. The Morgan fingerprint density at radius 3 is 3.06 bits per heavy atom. The largest absolute Gasteiger partial charge is 0.482 e. The first-order valence-corrected chi connectivity index (χ1v) is 4.70. The molecule has 0 spiro atoms. The smallest absolute Gasteiger partial charge is 0.344 e. The van der Waals surface area contributed by atoms with E-state index in [0.717, 1.165) is 0 Å². The van der Waals surface area contributed by atoms with Gasteiger partial charge in [0.1, 0.15) is 5.75 Å². The first-order chi connectivity index (χ1) is 7.76. The van der Waals surface area contributed by atoms with Gasteiger partial charge in [0.2, 0.25) is 0 Å². The number of ether oxygens (including phenoxy) is 2. The van der Waals surface area contributed by atoms with Gasteiger partial charge in [-0.2, -0.15) is 0 Å². The molecule has 1 aromatic rings. The number of hydrogen-bond donors (Lipinski definition) is 0.